The van der Waals surface area contributed by atoms with Crippen LogP contribution in [0.25, 0.3) is 0 Å². The van der Waals surface area contributed by atoms with E-state index in [2.05, 4.69) is 19.2 Å². The van der Waals surface area contributed by atoms with Crippen molar-refractivity contribution < 1.29 is 9.90 Å². The van der Waals surface area contributed by atoms with Gasteiger partial charge in [-0.1, -0.05) is 149 Å². The zero-order valence-corrected chi connectivity index (χ0v) is 23.4. The molecule has 204 valence electrons. The van der Waals surface area contributed by atoms with Gasteiger partial charge < -0.3 is 15.3 Å². The van der Waals surface area contributed by atoms with Crippen LogP contribution in [0.4, 0.5) is 4.79 Å². The Hall–Kier alpha value is -0.770. The Labute approximate surface area is 214 Å². The van der Waals surface area contributed by atoms with Gasteiger partial charge in [-0.05, 0) is 12.8 Å². The maximum atomic E-state index is 12.4. The van der Waals surface area contributed by atoms with E-state index >= 15 is 0 Å². The van der Waals surface area contributed by atoms with Crippen molar-refractivity contribution in [3.8, 4) is 0 Å². The first-order valence-electron chi connectivity index (χ1n) is 15.4. The van der Waals surface area contributed by atoms with Crippen LogP contribution < -0.4 is 5.32 Å². The molecule has 0 bridgehead atoms. The van der Waals surface area contributed by atoms with Gasteiger partial charge in [0.1, 0.15) is 0 Å². The van der Waals surface area contributed by atoms with E-state index in [-0.39, 0.29) is 12.6 Å². The van der Waals surface area contributed by atoms with Crippen molar-refractivity contribution in [2.24, 2.45) is 0 Å². The van der Waals surface area contributed by atoms with Crippen LogP contribution in [0.15, 0.2) is 0 Å². The molecule has 0 aromatic rings. The van der Waals surface area contributed by atoms with E-state index in [1.54, 1.807) is 4.90 Å². The lowest BCUT2D eigenvalue weighted by molar-refractivity contribution is 0.175. The number of aliphatic hydroxyl groups excluding tert-OH is 1. The Kier molecular flexibility index (Phi) is 27.8. The summed E-state index contributed by atoms with van der Waals surface area (Å²) >= 11 is 0. The molecule has 2 N–H and O–H groups in total. The summed E-state index contributed by atoms with van der Waals surface area (Å²) in [6.07, 6.45) is 30.5. The summed E-state index contributed by atoms with van der Waals surface area (Å²) in [4.78, 5) is 14.2. The highest BCUT2D eigenvalue weighted by Gasteiger charge is 2.11. The van der Waals surface area contributed by atoms with Crippen LogP contribution >= 0.6 is 0 Å². The van der Waals surface area contributed by atoms with Gasteiger partial charge in [0.2, 0.25) is 0 Å². The lowest BCUT2D eigenvalue weighted by Crippen LogP contribution is -2.42. The number of amides is 2. The van der Waals surface area contributed by atoms with Crippen LogP contribution in [0, 0.1) is 0 Å². The SMILES string of the molecule is CCCCCCCCCCCCCCCCNC(=O)N(CCO)CCCCCCCCCCC. The number of urea groups is 1. The van der Waals surface area contributed by atoms with Gasteiger partial charge in [-0.3, -0.25) is 0 Å². The second-order valence-corrected chi connectivity index (χ2v) is 10.4. The van der Waals surface area contributed by atoms with E-state index < -0.39 is 0 Å². The standard InChI is InChI=1S/C30H62N2O2/c1-3-5-7-9-11-13-14-15-16-17-18-20-22-24-26-31-30(34)32(28-29-33)27-25-23-21-19-12-10-8-6-4-2/h33H,3-29H2,1-2H3,(H,31,34). The molecule has 4 heteroatoms. The van der Waals surface area contributed by atoms with Crippen LogP contribution in [0.1, 0.15) is 162 Å². The molecule has 0 aromatic heterocycles. The molecule has 0 aliphatic carbocycles. The van der Waals surface area contributed by atoms with Gasteiger partial charge in [-0.15, -0.1) is 0 Å². The Morgan fingerprint density at radius 1 is 0.529 bits per heavy atom. The fourth-order valence-corrected chi connectivity index (χ4v) is 4.68. The fourth-order valence-electron chi connectivity index (χ4n) is 4.68. The second kappa shape index (κ2) is 28.5. The maximum Gasteiger partial charge on any atom is 0.317 e. The van der Waals surface area contributed by atoms with Crippen LogP contribution in [-0.4, -0.2) is 42.3 Å². The zero-order chi connectivity index (χ0) is 25.0. The van der Waals surface area contributed by atoms with Gasteiger partial charge >= 0.3 is 6.03 Å². The van der Waals surface area contributed by atoms with Crippen molar-refractivity contribution in [3.05, 3.63) is 0 Å². The highest BCUT2D eigenvalue weighted by Crippen LogP contribution is 2.13. The second-order valence-electron chi connectivity index (χ2n) is 10.4. The largest absolute Gasteiger partial charge is 0.395 e. The molecule has 4 nitrogen and oxygen atoms in total. The number of nitrogens with zero attached hydrogens (tertiary/aromatic N) is 1. The lowest BCUT2D eigenvalue weighted by atomic mass is 10.0. The minimum Gasteiger partial charge on any atom is -0.395 e. The zero-order valence-electron chi connectivity index (χ0n) is 23.4. The van der Waals surface area contributed by atoms with E-state index in [1.807, 2.05) is 0 Å². The Balaban J connectivity index is 3.52. The number of carbonyl (C=O) groups excluding carboxylic acids is 1. The molecule has 0 rings (SSSR count). The topological polar surface area (TPSA) is 52.6 Å². The molecule has 0 radical (unpaired) electrons. The first kappa shape index (κ1) is 33.2. The molecule has 0 atom stereocenters. The molecule has 0 aliphatic rings. The normalized spacial score (nSPS) is 11.1. The van der Waals surface area contributed by atoms with Gasteiger partial charge in [-0.25, -0.2) is 4.79 Å². The third-order valence-electron chi connectivity index (χ3n) is 7.00. The monoisotopic (exact) mass is 482 g/mol. The summed E-state index contributed by atoms with van der Waals surface area (Å²) in [6, 6.07) is 0.00306. The van der Waals surface area contributed by atoms with Gasteiger partial charge in [0.15, 0.2) is 0 Å². The number of rotatable bonds is 27. The molecule has 0 saturated heterocycles. The van der Waals surface area contributed by atoms with Gasteiger partial charge in [-0.2, -0.15) is 0 Å². The van der Waals surface area contributed by atoms with Crippen molar-refractivity contribution in [3.63, 3.8) is 0 Å². The van der Waals surface area contributed by atoms with Gasteiger partial charge in [0.05, 0.1) is 6.61 Å². The number of hydrogen-bond acceptors (Lipinski definition) is 2. The number of aliphatic hydroxyl groups is 1. The van der Waals surface area contributed by atoms with E-state index in [1.165, 1.54) is 135 Å². The summed E-state index contributed by atoms with van der Waals surface area (Å²) in [5.41, 5.74) is 0. The average Bonchev–Trinajstić information content (AvgIpc) is 2.84. The fraction of sp³-hybridized carbons (Fsp3) is 0.967. The lowest BCUT2D eigenvalue weighted by Gasteiger charge is -2.22. The molecule has 0 unspecified atom stereocenters. The summed E-state index contributed by atoms with van der Waals surface area (Å²) in [6.45, 7) is 6.56. The Bertz CT molecular complexity index is 403. The quantitative estimate of drug-likeness (QED) is 0.115. The van der Waals surface area contributed by atoms with Crippen LogP contribution in [0.2, 0.25) is 0 Å². The number of hydrogen-bond donors (Lipinski definition) is 2. The maximum absolute atomic E-state index is 12.4. The molecule has 0 spiro atoms. The number of nitrogens with one attached hydrogen (secondary N) is 1. The molecule has 0 aromatic carbocycles. The minimum absolute atomic E-state index is 0.00306. The van der Waals surface area contributed by atoms with E-state index in [0.717, 1.165) is 25.9 Å². The summed E-state index contributed by atoms with van der Waals surface area (Å²) in [7, 11) is 0. The highest BCUT2D eigenvalue weighted by molar-refractivity contribution is 5.74. The van der Waals surface area contributed by atoms with Gasteiger partial charge in [0.25, 0.3) is 0 Å². The minimum atomic E-state index is 0.00306. The van der Waals surface area contributed by atoms with Crippen molar-refractivity contribution >= 4 is 6.03 Å². The highest BCUT2D eigenvalue weighted by atomic mass is 16.3. The van der Waals surface area contributed by atoms with Crippen LogP contribution in [-0.2, 0) is 0 Å². The van der Waals surface area contributed by atoms with Crippen LogP contribution in [0.3, 0.4) is 0 Å². The van der Waals surface area contributed by atoms with Gasteiger partial charge in [0, 0.05) is 19.6 Å². The van der Waals surface area contributed by atoms with Crippen molar-refractivity contribution in [1.82, 2.24) is 10.2 Å². The smallest absolute Gasteiger partial charge is 0.317 e. The Morgan fingerprint density at radius 3 is 1.26 bits per heavy atom. The van der Waals surface area contributed by atoms with E-state index in [9.17, 15) is 9.90 Å². The molecule has 0 aliphatic heterocycles. The molecule has 0 heterocycles. The third-order valence-corrected chi connectivity index (χ3v) is 7.00. The average molecular weight is 483 g/mol. The van der Waals surface area contributed by atoms with Crippen LogP contribution in [0.5, 0.6) is 0 Å². The predicted molar refractivity (Wildman–Crippen MR) is 150 cm³/mol. The number of carbonyl (C=O) groups is 1. The first-order valence-corrected chi connectivity index (χ1v) is 15.4. The molecular weight excluding hydrogens is 420 g/mol. The van der Waals surface area contributed by atoms with Crippen molar-refractivity contribution in [2.75, 3.05) is 26.2 Å². The molecular formula is C30H62N2O2. The van der Waals surface area contributed by atoms with Crippen molar-refractivity contribution in [1.29, 1.82) is 0 Å². The first-order chi connectivity index (χ1) is 16.8. The summed E-state index contributed by atoms with van der Waals surface area (Å²) in [5.74, 6) is 0. The third kappa shape index (κ3) is 24.4. The summed E-state index contributed by atoms with van der Waals surface area (Å²) in [5, 5.41) is 12.4. The Morgan fingerprint density at radius 2 is 0.882 bits per heavy atom. The predicted octanol–water partition coefficient (Wildman–Crippen LogP) is 9.00. The van der Waals surface area contributed by atoms with Crippen molar-refractivity contribution in [2.45, 2.75) is 162 Å². The van der Waals surface area contributed by atoms with E-state index in [4.69, 9.17) is 0 Å². The molecule has 0 saturated carbocycles. The van der Waals surface area contributed by atoms with E-state index in [0.29, 0.717) is 6.54 Å². The number of unbranched alkanes of at least 4 members (excludes halogenated alkanes) is 21. The molecule has 34 heavy (non-hydrogen) atoms. The summed E-state index contributed by atoms with van der Waals surface area (Å²) < 4.78 is 0. The molecule has 2 amide bonds. The molecule has 0 fully saturated rings.